The SMILES string of the molecule is CCC(C)NC(=O)C(CC)N(Cc1ccc(F)cc1)C(=O)CN(c1ccc(C23CC4CC(CC(C4)C2)C3)cc1)S(C)(=O)=O. The van der Waals surface area contributed by atoms with Crippen LogP contribution in [0.3, 0.4) is 0 Å². The fraction of sp³-hybridized carbons (Fsp3) is 0.588. The Morgan fingerprint density at radius 2 is 1.49 bits per heavy atom. The number of hydrogen-bond acceptors (Lipinski definition) is 4. The molecule has 2 aromatic carbocycles. The van der Waals surface area contributed by atoms with Crippen LogP contribution in [-0.2, 0) is 31.6 Å². The number of amides is 2. The summed E-state index contributed by atoms with van der Waals surface area (Å²) in [6.45, 7) is 5.29. The Kier molecular flexibility index (Phi) is 9.21. The number of anilines is 1. The second-order valence-electron chi connectivity index (χ2n) is 13.4. The molecule has 2 atom stereocenters. The molecule has 0 aliphatic heterocycles. The van der Waals surface area contributed by atoms with Crippen molar-refractivity contribution < 1.29 is 22.4 Å². The van der Waals surface area contributed by atoms with Crippen LogP contribution in [0.2, 0.25) is 0 Å². The molecule has 1 N–H and O–H groups in total. The zero-order chi connectivity index (χ0) is 30.9. The van der Waals surface area contributed by atoms with Crippen LogP contribution < -0.4 is 9.62 Å². The van der Waals surface area contributed by atoms with Crippen LogP contribution in [0.4, 0.5) is 10.1 Å². The van der Waals surface area contributed by atoms with Gasteiger partial charge in [-0.15, -0.1) is 0 Å². The second-order valence-corrected chi connectivity index (χ2v) is 15.3. The monoisotopic (exact) mass is 611 g/mol. The number of carbonyl (C=O) groups excluding carboxylic acids is 2. The molecule has 4 fully saturated rings. The van der Waals surface area contributed by atoms with Crippen LogP contribution >= 0.6 is 0 Å². The van der Waals surface area contributed by atoms with Gasteiger partial charge in [0.25, 0.3) is 0 Å². The Morgan fingerprint density at radius 3 is 1.98 bits per heavy atom. The average Bonchev–Trinajstić information content (AvgIpc) is 2.95. The molecule has 7 nitrogen and oxygen atoms in total. The van der Waals surface area contributed by atoms with Crippen molar-refractivity contribution in [2.45, 2.75) is 96.2 Å². The van der Waals surface area contributed by atoms with Crippen molar-refractivity contribution in [1.82, 2.24) is 10.2 Å². The van der Waals surface area contributed by atoms with Gasteiger partial charge in [-0.05, 0) is 117 Å². The predicted molar refractivity (Wildman–Crippen MR) is 167 cm³/mol. The van der Waals surface area contributed by atoms with E-state index in [1.165, 1.54) is 61.1 Å². The number of carbonyl (C=O) groups is 2. The molecule has 0 saturated heterocycles. The van der Waals surface area contributed by atoms with Crippen molar-refractivity contribution in [3.8, 4) is 0 Å². The van der Waals surface area contributed by atoms with Crippen molar-refractivity contribution >= 4 is 27.5 Å². The van der Waals surface area contributed by atoms with Gasteiger partial charge in [0.2, 0.25) is 21.8 Å². The van der Waals surface area contributed by atoms with Crippen molar-refractivity contribution in [2.75, 3.05) is 17.1 Å². The third-order valence-electron chi connectivity index (χ3n) is 10.1. The van der Waals surface area contributed by atoms with Gasteiger partial charge in [-0.3, -0.25) is 13.9 Å². The largest absolute Gasteiger partial charge is 0.352 e. The third-order valence-corrected chi connectivity index (χ3v) is 11.3. The molecule has 234 valence electrons. The number of halogens is 1. The standard InChI is InChI=1S/C34H46FN3O4S/c1-5-23(3)36-33(40)31(6-2)37(21-24-7-11-29(35)12-8-24)32(39)22-38(43(4,41)42)30-13-9-28(10-14-30)34-18-25-15-26(19-34)17-27(16-25)20-34/h7-14,23,25-27,31H,5-6,15-22H2,1-4H3,(H,36,40). The van der Waals surface area contributed by atoms with Crippen LogP contribution in [0, 0.1) is 23.6 Å². The highest BCUT2D eigenvalue weighted by Gasteiger charge is 2.51. The van der Waals surface area contributed by atoms with Crippen LogP contribution in [0.1, 0.15) is 83.3 Å². The molecular weight excluding hydrogens is 565 g/mol. The summed E-state index contributed by atoms with van der Waals surface area (Å²) in [7, 11) is -3.82. The molecule has 0 spiro atoms. The second kappa shape index (κ2) is 12.6. The van der Waals surface area contributed by atoms with E-state index < -0.39 is 34.3 Å². The van der Waals surface area contributed by atoms with Gasteiger partial charge in [0.05, 0.1) is 11.9 Å². The number of sulfonamides is 1. The van der Waals surface area contributed by atoms with Gasteiger partial charge in [-0.2, -0.15) is 0 Å². The highest BCUT2D eigenvalue weighted by atomic mass is 32.2. The smallest absolute Gasteiger partial charge is 0.244 e. The molecule has 43 heavy (non-hydrogen) atoms. The lowest BCUT2D eigenvalue weighted by Gasteiger charge is -2.57. The van der Waals surface area contributed by atoms with Gasteiger partial charge in [0.1, 0.15) is 18.4 Å². The van der Waals surface area contributed by atoms with E-state index in [4.69, 9.17) is 0 Å². The molecule has 4 bridgehead atoms. The average molecular weight is 612 g/mol. The van der Waals surface area contributed by atoms with E-state index in [0.717, 1.165) is 34.7 Å². The highest BCUT2D eigenvalue weighted by Crippen LogP contribution is 2.60. The zero-order valence-electron chi connectivity index (χ0n) is 25.9. The maximum absolute atomic E-state index is 14.0. The fourth-order valence-electron chi connectivity index (χ4n) is 8.21. The van der Waals surface area contributed by atoms with Gasteiger partial charge in [-0.25, -0.2) is 12.8 Å². The molecule has 4 aliphatic carbocycles. The number of nitrogens with one attached hydrogen (secondary N) is 1. The fourth-order valence-corrected chi connectivity index (χ4v) is 9.06. The van der Waals surface area contributed by atoms with E-state index in [0.29, 0.717) is 17.7 Å². The van der Waals surface area contributed by atoms with Gasteiger partial charge in [0, 0.05) is 12.6 Å². The summed E-state index contributed by atoms with van der Waals surface area (Å²) >= 11 is 0. The lowest BCUT2D eigenvalue weighted by Crippen LogP contribution is -2.53. The summed E-state index contributed by atoms with van der Waals surface area (Å²) in [6, 6.07) is 12.7. The molecule has 6 rings (SSSR count). The normalized spacial score (nSPS) is 25.7. The summed E-state index contributed by atoms with van der Waals surface area (Å²) in [4.78, 5) is 28.7. The molecule has 4 saturated carbocycles. The Morgan fingerprint density at radius 1 is 0.930 bits per heavy atom. The lowest BCUT2D eigenvalue weighted by molar-refractivity contribution is -0.140. The lowest BCUT2D eigenvalue weighted by atomic mass is 9.48. The Balaban J connectivity index is 1.40. The van der Waals surface area contributed by atoms with E-state index in [1.807, 2.05) is 32.9 Å². The minimum Gasteiger partial charge on any atom is -0.352 e. The minimum absolute atomic E-state index is 0.0497. The molecule has 0 aromatic heterocycles. The van der Waals surface area contributed by atoms with Crippen LogP contribution in [-0.4, -0.2) is 50.0 Å². The number of rotatable bonds is 12. The Bertz CT molecular complexity index is 1370. The molecule has 2 unspecified atom stereocenters. The summed E-state index contributed by atoms with van der Waals surface area (Å²) in [5.41, 5.74) is 2.54. The first-order valence-corrected chi connectivity index (χ1v) is 17.7. The first kappa shape index (κ1) is 31.5. The predicted octanol–water partition coefficient (Wildman–Crippen LogP) is 5.78. The summed E-state index contributed by atoms with van der Waals surface area (Å²) in [5.74, 6) is 1.21. The molecule has 4 aliphatic rings. The van der Waals surface area contributed by atoms with Crippen LogP contribution in [0.15, 0.2) is 48.5 Å². The Labute approximate surface area is 256 Å². The first-order chi connectivity index (χ1) is 20.4. The highest BCUT2D eigenvalue weighted by molar-refractivity contribution is 7.92. The summed E-state index contributed by atoms with van der Waals surface area (Å²) in [6.07, 6.45) is 9.86. The summed E-state index contributed by atoms with van der Waals surface area (Å²) in [5, 5.41) is 2.96. The van der Waals surface area contributed by atoms with Gasteiger partial charge in [-0.1, -0.05) is 38.1 Å². The minimum atomic E-state index is -3.82. The van der Waals surface area contributed by atoms with E-state index >= 15 is 0 Å². The first-order valence-electron chi connectivity index (χ1n) is 15.8. The topological polar surface area (TPSA) is 86.8 Å². The van der Waals surface area contributed by atoms with Crippen LogP contribution in [0.25, 0.3) is 0 Å². The van der Waals surface area contributed by atoms with E-state index in [1.54, 1.807) is 12.1 Å². The van der Waals surface area contributed by atoms with E-state index in [-0.39, 0.29) is 23.9 Å². The maximum Gasteiger partial charge on any atom is 0.244 e. The van der Waals surface area contributed by atoms with E-state index in [9.17, 15) is 22.4 Å². The number of hydrogen-bond donors (Lipinski definition) is 1. The molecule has 9 heteroatoms. The summed E-state index contributed by atoms with van der Waals surface area (Å²) < 4.78 is 40.9. The quantitative estimate of drug-likeness (QED) is 0.330. The van der Waals surface area contributed by atoms with Gasteiger partial charge in [0.15, 0.2) is 0 Å². The van der Waals surface area contributed by atoms with Crippen molar-refractivity contribution in [3.05, 3.63) is 65.5 Å². The molecule has 0 radical (unpaired) electrons. The Hall–Kier alpha value is -2.94. The van der Waals surface area contributed by atoms with Gasteiger partial charge >= 0.3 is 0 Å². The van der Waals surface area contributed by atoms with Crippen molar-refractivity contribution in [1.29, 1.82) is 0 Å². The molecule has 2 aromatic rings. The van der Waals surface area contributed by atoms with Gasteiger partial charge < -0.3 is 10.2 Å². The van der Waals surface area contributed by atoms with E-state index in [2.05, 4.69) is 17.4 Å². The zero-order valence-corrected chi connectivity index (χ0v) is 26.7. The number of nitrogens with zero attached hydrogens (tertiary/aromatic N) is 2. The molecular formula is C34H46FN3O4S. The van der Waals surface area contributed by atoms with Crippen molar-refractivity contribution in [2.24, 2.45) is 17.8 Å². The van der Waals surface area contributed by atoms with Crippen LogP contribution in [0.5, 0.6) is 0 Å². The third kappa shape index (κ3) is 6.92. The number of benzene rings is 2. The molecule has 0 heterocycles. The molecule has 2 amide bonds. The van der Waals surface area contributed by atoms with Crippen molar-refractivity contribution in [3.63, 3.8) is 0 Å². The maximum atomic E-state index is 14.0.